The fourth-order valence-corrected chi connectivity index (χ4v) is 3.14. The van der Waals surface area contributed by atoms with E-state index in [-0.39, 0.29) is 10.8 Å². The van der Waals surface area contributed by atoms with Crippen LogP contribution < -0.4 is 15.2 Å². The SMILES string of the molecule is NS(=O)(=O)c1ccc(CCNC(=O)c2ccnc(OCc3ccccc3)c2)cc1. The molecule has 0 aliphatic carbocycles. The first kappa shape index (κ1) is 20.5. The number of carbonyl (C=O) groups is 1. The Balaban J connectivity index is 1.51. The maximum Gasteiger partial charge on any atom is 0.251 e. The van der Waals surface area contributed by atoms with Gasteiger partial charge in [-0.2, -0.15) is 0 Å². The molecule has 29 heavy (non-hydrogen) atoms. The monoisotopic (exact) mass is 411 g/mol. The summed E-state index contributed by atoms with van der Waals surface area (Å²) in [4.78, 5) is 16.5. The van der Waals surface area contributed by atoms with Crippen molar-refractivity contribution in [1.82, 2.24) is 10.3 Å². The highest BCUT2D eigenvalue weighted by Crippen LogP contribution is 2.12. The molecular weight excluding hydrogens is 390 g/mol. The molecule has 3 aromatic rings. The molecule has 1 heterocycles. The average molecular weight is 411 g/mol. The van der Waals surface area contributed by atoms with E-state index in [1.54, 1.807) is 24.3 Å². The summed E-state index contributed by atoms with van der Waals surface area (Å²) < 4.78 is 28.2. The zero-order valence-corrected chi connectivity index (χ0v) is 16.4. The standard InChI is InChI=1S/C21H21N3O4S/c22-29(26,27)19-8-6-16(7-9-19)10-12-24-21(25)18-11-13-23-20(14-18)28-15-17-4-2-1-3-5-17/h1-9,11,13-14H,10,12,15H2,(H,24,25)(H2,22,26,27). The molecule has 150 valence electrons. The summed E-state index contributed by atoms with van der Waals surface area (Å²) in [6, 6.07) is 19.2. The highest BCUT2D eigenvalue weighted by Gasteiger charge is 2.09. The smallest absolute Gasteiger partial charge is 0.251 e. The Kier molecular flexibility index (Phi) is 6.58. The molecule has 2 aromatic carbocycles. The van der Waals surface area contributed by atoms with Crippen molar-refractivity contribution in [3.63, 3.8) is 0 Å². The third-order valence-corrected chi connectivity index (χ3v) is 5.11. The minimum absolute atomic E-state index is 0.0603. The van der Waals surface area contributed by atoms with Gasteiger partial charge in [0.05, 0.1) is 4.90 Å². The topological polar surface area (TPSA) is 111 Å². The Hall–Kier alpha value is -3.23. The molecular formula is C21H21N3O4S. The van der Waals surface area contributed by atoms with Crippen LogP contribution >= 0.6 is 0 Å². The van der Waals surface area contributed by atoms with Crippen molar-refractivity contribution in [2.24, 2.45) is 5.14 Å². The summed E-state index contributed by atoms with van der Waals surface area (Å²) in [6.45, 7) is 0.767. The van der Waals surface area contributed by atoms with Crippen molar-refractivity contribution >= 4 is 15.9 Å². The second kappa shape index (κ2) is 9.31. The minimum Gasteiger partial charge on any atom is -0.473 e. The number of sulfonamides is 1. The van der Waals surface area contributed by atoms with Crippen LogP contribution in [-0.2, 0) is 23.1 Å². The van der Waals surface area contributed by atoms with E-state index in [0.29, 0.717) is 31.0 Å². The molecule has 0 atom stereocenters. The van der Waals surface area contributed by atoms with E-state index in [1.165, 1.54) is 18.3 Å². The van der Waals surface area contributed by atoms with Gasteiger partial charge in [-0.3, -0.25) is 4.79 Å². The third-order valence-electron chi connectivity index (χ3n) is 4.18. The van der Waals surface area contributed by atoms with Gasteiger partial charge in [0.25, 0.3) is 5.91 Å². The van der Waals surface area contributed by atoms with Crippen LogP contribution in [0.25, 0.3) is 0 Å². The molecule has 0 spiro atoms. The Morgan fingerprint density at radius 2 is 1.72 bits per heavy atom. The molecule has 0 saturated heterocycles. The quantitative estimate of drug-likeness (QED) is 0.591. The Bertz CT molecular complexity index is 1070. The lowest BCUT2D eigenvalue weighted by Gasteiger charge is -2.08. The zero-order chi connectivity index (χ0) is 20.7. The van der Waals surface area contributed by atoms with E-state index in [4.69, 9.17) is 9.88 Å². The molecule has 0 aliphatic rings. The number of hydrogen-bond acceptors (Lipinski definition) is 5. The second-order valence-electron chi connectivity index (χ2n) is 6.35. The van der Waals surface area contributed by atoms with E-state index < -0.39 is 10.0 Å². The molecule has 1 amide bonds. The van der Waals surface area contributed by atoms with Gasteiger partial charge in [0, 0.05) is 24.4 Å². The maximum absolute atomic E-state index is 12.4. The average Bonchev–Trinajstić information content (AvgIpc) is 2.73. The number of rotatable bonds is 8. The van der Waals surface area contributed by atoms with E-state index in [9.17, 15) is 13.2 Å². The lowest BCUT2D eigenvalue weighted by atomic mass is 10.1. The summed E-state index contributed by atoms with van der Waals surface area (Å²) in [5.41, 5.74) is 2.35. The van der Waals surface area contributed by atoms with Gasteiger partial charge in [-0.05, 0) is 35.7 Å². The first-order chi connectivity index (χ1) is 13.9. The van der Waals surface area contributed by atoms with Crippen molar-refractivity contribution in [3.05, 3.63) is 89.6 Å². The van der Waals surface area contributed by atoms with E-state index in [2.05, 4.69) is 10.3 Å². The Morgan fingerprint density at radius 3 is 2.41 bits per heavy atom. The van der Waals surface area contributed by atoms with Crippen LogP contribution in [0.15, 0.2) is 77.8 Å². The van der Waals surface area contributed by atoms with E-state index in [0.717, 1.165) is 11.1 Å². The predicted molar refractivity (Wildman–Crippen MR) is 109 cm³/mol. The fourth-order valence-electron chi connectivity index (χ4n) is 2.63. The van der Waals surface area contributed by atoms with E-state index in [1.807, 2.05) is 30.3 Å². The first-order valence-electron chi connectivity index (χ1n) is 8.94. The van der Waals surface area contributed by atoms with Crippen LogP contribution in [0.1, 0.15) is 21.5 Å². The number of nitrogens with one attached hydrogen (secondary N) is 1. The molecule has 0 fully saturated rings. The van der Waals surface area contributed by atoms with Gasteiger partial charge in [-0.1, -0.05) is 42.5 Å². The van der Waals surface area contributed by atoms with Gasteiger partial charge in [0.1, 0.15) is 6.61 Å². The second-order valence-corrected chi connectivity index (χ2v) is 7.91. The zero-order valence-electron chi connectivity index (χ0n) is 15.6. The maximum atomic E-state index is 12.4. The number of amides is 1. The number of pyridine rings is 1. The first-order valence-corrected chi connectivity index (χ1v) is 10.5. The summed E-state index contributed by atoms with van der Waals surface area (Å²) in [6.07, 6.45) is 2.08. The fraction of sp³-hybridized carbons (Fsp3) is 0.143. The van der Waals surface area contributed by atoms with Crippen molar-refractivity contribution in [1.29, 1.82) is 0 Å². The molecule has 3 rings (SSSR count). The highest BCUT2D eigenvalue weighted by atomic mass is 32.2. The Labute approximate surface area is 169 Å². The largest absolute Gasteiger partial charge is 0.473 e. The van der Waals surface area contributed by atoms with Crippen LogP contribution in [-0.4, -0.2) is 25.9 Å². The van der Waals surface area contributed by atoms with Crippen molar-refractivity contribution in [2.75, 3.05) is 6.54 Å². The Morgan fingerprint density at radius 1 is 1.00 bits per heavy atom. The van der Waals surface area contributed by atoms with Crippen LogP contribution in [0, 0.1) is 0 Å². The summed E-state index contributed by atoms with van der Waals surface area (Å²) in [5, 5.41) is 7.91. The number of primary sulfonamides is 1. The lowest BCUT2D eigenvalue weighted by Crippen LogP contribution is -2.25. The normalized spacial score (nSPS) is 11.1. The molecule has 7 nitrogen and oxygen atoms in total. The number of hydrogen-bond donors (Lipinski definition) is 2. The molecule has 8 heteroatoms. The molecule has 0 radical (unpaired) electrons. The van der Waals surface area contributed by atoms with Crippen LogP contribution in [0.5, 0.6) is 5.88 Å². The number of benzene rings is 2. The van der Waals surface area contributed by atoms with Crippen LogP contribution in [0.3, 0.4) is 0 Å². The third kappa shape index (κ3) is 6.13. The van der Waals surface area contributed by atoms with Gasteiger partial charge in [0.2, 0.25) is 15.9 Å². The lowest BCUT2D eigenvalue weighted by molar-refractivity contribution is 0.0953. The minimum atomic E-state index is -3.70. The van der Waals surface area contributed by atoms with Gasteiger partial charge < -0.3 is 10.1 Å². The number of nitrogens with zero attached hydrogens (tertiary/aromatic N) is 1. The molecule has 0 bridgehead atoms. The molecule has 0 unspecified atom stereocenters. The van der Waals surface area contributed by atoms with Crippen molar-refractivity contribution in [2.45, 2.75) is 17.9 Å². The van der Waals surface area contributed by atoms with Gasteiger partial charge in [-0.25, -0.2) is 18.5 Å². The van der Waals surface area contributed by atoms with Gasteiger partial charge >= 0.3 is 0 Å². The molecule has 0 aliphatic heterocycles. The van der Waals surface area contributed by atoms with E-state index >= 15 is 0 Å². The summed E-state index contributed by atoms with van der Waals surface area (Å²) >= 11 is 0. The molecule has 3 N–H and O–H groups in total. The summed E-state index contributed by atoms with van der Waals surface area (Å²) in [5.74, 6) is 0.137. The molecule has 0 saturated carbocycles. The number of carbonyl (C=O) groups excluding carboxylic acids is 1. The number of nitrogens with two attached hydrogens (primary N) is 1. The molecule has 1 aromatic heterocycles. The van der Waals surface area contributed by atoms with Gasteiger partial charge in [-0.15, -0.1) is 0 Å². The number of aromatic nitrogens is 1. The summed E-state index contributed by atoms with van der Waals surface area (Å²) in [7, 11) is -3.70. The van der Waals surface area contributed by atoms with Gasteiger partial charge in [0.15, 0.2) is 0 Å². The van der Waals surface area contributed by atoms with Crippen LogP contribution in [0.4, 0.5) is 0 Å². The van der Waals surface area contributed by atoms with Crippen molar-refractivity contribution in [3.8, 4) is 5.88 Å². The van der Waals surface area contributed by atoms with Crippen molar-refractivity contribution < 1.29 is 17.9 Å². The predicted octanol–water partition coefficient (Wildman–Crippen LogP) is 2.28. The number of ether oxygens (including phenoxy) is 1. The van der Waals surface area contributed by atoms with Crippen LogP contribution in [0.2, 0.25) is 0 Å². The highest BCUT2D eigenvalue weighted by molar-refractivity contribution is 7.89.